The van der Waals surface area contributed by atoms with E-state index in [-0.39, 0.29) is 35.2 Å². The summed E-state index contributed by atoms with van der Waals surface area (Å²) in [6.45, 7) is 9.29. The number of primary amides is 1. The molecular formula is C33H46N2O8. The van der Waals surface area contributed by atoms with Gasteiger partial charge in [-0.1, -0.05) is 45.1 Å². The van der Waals surface area contributed by atoms with E-state index in [2.05, 4.69) is 5.32 Å². The Labute approximate surface area is 254 Å². The number of amides is 2. The lowest BCUT2D eigenvalue weighted by Gasteiger charge is -2.34. The van der Waals surface area contributed by atoms with Crippen LogP contribution in [0.15, 0.2) is 58.4 Å². The number of ketones is 2. The van der Waals surface area contributed by atoms with Crippen molar-refractivity contribution >= 4 is 23.6 Å². The minimum absolute atomic E-state index is 0.00573. The summed E-state index contributed by atoms with van der Waals surface area (Å²) in [7, 11) is 4.73. The van der Waals surface area contributed by atoms with E-state index in [1.54, 1.807) is 39.4 Å². The molecule has 2 aliphatic carbocycles. The summed E-state index contributed by atoms with van der Waals surface area (Å²) < 4.78 is 23.3. The van der Waals surface area contributed by atoms with Gasteiger partial charge in [0.15, 0.2) is 5.78 Å². The van der Waals surface area contributed by atoms with E-state index >= 15 is 0 Å². The van der Waals surface area contributed by atoms with Crippen molar-refractivity contribution < 1.29 is 38.1 Å². The van der Waals surface area contributed by atoms with Crippen molar-refractivity contribution in [1.82, 2.24) is 5.32 Å². The van der Waals surface area contributed by atoms with Crippen LogP contribution < -0.4 is 11.1 Å². The van der Waals surface area contributed by atoms with Crippen molar-refractivity contribution in [2.45, 2.75) is 78.3 Å². The SMILES string of the molecule is CO[C@H]1[C@@H](OC)C[C@H](C)[C@@H](OC)C2=C(C3CC3)C(=O)C=C(NC(=O)/C(C)=C/C=C\[C@H](C)[C@@H](OC(N)=O)/C(C)=C/[C@@H]1C)C2=O. The van der Waals surface area contributed by atoms with Gasteiger partial charge in [-0.3, -0.25) is 14.4 Å². The Morgan fingerprint density at radius 1 is 0.930 bits per heavy atom. The average molecular weight is 599 g/mol. The lowest BCUT2D eigenvalue weighted by Crippen LogP contribution is -2.41. The Kier molecular flexibility index (Phi) is 11.8. The molecule has 3 N–H and O–H groups in total. The van der Waals surface area contributed by atoms with Gasteiger partial charge in [0.05, 0.1) is 24.0 Å². The Balaban J connectivity index is 2.14. The van der Waals surface area contributed by atoms with E-state index in [0.29, 0.717) is 23.1 Å². The largest absolute Gasteiger partial charge is 0.441 e. The fourth-order valence-corrected chi connectivity index (χ4v) is 6.15. The molecule has 0 unspecified atom stereocenters. The second-order valence-corrected chi connectivity index (χ2v) is 11.9. The third-order valence-electron chi connectivity index (χ3n) is 8.49. The van der Waals surface area contributed by atoms with Crippen LogP contribution >= 0.6 is 0 Å². The van der Waals surface area contributed by atoms with Crippen LogP contribution in [0.1, 0.15) is 53.9 Å². The number of nitrogens with one attached hydrogen (secondary N) is 1. The van der Waals surface area contributed by atoms with Gasteiger partial charge in [0.2, 0.25) is 5.78 Å². The van der Waals surface area contributed by atoms with Crippen LogP contribution in [0.5, 0.6) is 0 Å². The molecule has 1 aliphatic heterocycles. The van der Waals surface area contributed by atoms with Crippen molar-refractivity contribution in [2.75, 3.05) is 21.3 Å². The zero-order valence-corrected chi connectivity index (χ0v) is 26.5. The summed E-state index contributed by atoms with van der Waals surface area (Å²) in [5.41, 5.74) is 7.20. The van der Waals surface area contributed by atoms with Crippen LogP contribution in [0.4, 0.5) is 4.79 Å². The zero-order chi connectivity index (χ0) is 32.0. The first-order valence-electron chi connectivity index (χ1n) is 14.8. The molecule has 1 heterocycles. The van der Waals surface area contributed by atoms with E-state index in [0.717, 1.165) is 18.4 Å². The predicted octanol–water partition coefficient (Wildman–Crippen LogP) is 4.11. The first kappa shape index (κ1) is 34.2. The zero-order valence-electron chi connectivity index (χ0n) is 26.5. The van der Waals surface area contributed by atoms with Crippen LogP contribution in [0, 0.1) is 23.7 Å². The number of hydrogen-bond acceptors (Lipinski definition) is 8. The number of carbonyl (C=O) groups excluding carboxylic acids is 4. The molecule has 0 aromatic rings. The minimum atomic E-state index is -0.897. The first-order valence-corrected chi connectivity index (χ1v) is 14.8. The molecule has 3 aliphatic rings. The van der Waals surface area contributed by atoms with Crippen LogP contribution in [0.2, 0.25) is 0 Å². The molecule has 2 amide bonds. The monoisotopic (exact) mass is 598 g/mol. The van der Waals surface area contributed by atoms with E-state index in [4.69, 9.17) is 24.7 Å². The first-order chi connectivity index (χ1) is 20.3. The van der Waals surface area contributed by atoms with Gasteiger partial charge in [-0.25, -0.2) is 4.79 Å². The number of nitrogens with two attached hydrogens (primary N) is 1. The number of rotatable bonds is 5. The molecule has 0 spiro atoms. The Morgan fingerprint density at radius 2 is 1.60 bits per heavy atom. The highest BCUT2D eigenvalue weighted by atomic mass is 16.6. The fraction of sp³-hybridized carbons (Fsp3) is 0.576. The molecule has 1 fully saturated rings. The van der Waals surface area contributed by atoms with E-state index in [9.17, 15) is 19.2 Å². The molecule has 236 valence electrons. The lowest BCUT2D eigenvalue weighted by atomic mass is 9.80. The Bertz CT molecular complexity index is 1260. The number of hydrogen-bond donors (Lipinski definition) is 2. The standard InChI is InChI=1S/C33H46N2O8/c1-17-10-9-11-18(2)32(38)35-23-16-24(36)26(22-12-13-22)27(28(23)37)31(42-8)21(5)15-25(40-6)30(41-7)20(4)14-19(3)29(17)43-33(34)39/h9-11,14,16-17,20-22,25,29-31H,12-13,15H2,1-8H3,(H2,34,39)(H,35,38)/b10-9-,18-11+,19-14+/t17-,20-,21-,25-,29+,30+,31+/m0/s1. The number of allylic oxidation sites excluding steroid dienone is 5. The number of fused-ring (bicyclic) bond motifs is 2. The van der Waals surface area contributed by atoms with Gasteiger partial charge in [-0.15, -0.1) is 0 Å². The number of methoxy groups -OCH3 is 3. The van der Waals surface area contributed by atoms with Crippen molar-refractivity contribution in [3.8, 4) is 0 Å². The van der Waals surface area contributed by atoms with Gasteiger partial charge in [0, 0.05) is 56.0 Å². The maximum atomic E-state index is 13.9. The number of ether oxygens (including phenoxy) is 4. The molecule has 1 saturated carbocycles. The van der Waals surface area contributed by atoms with Gasteiger partial charge in [-0.05, 0) is 50.5 Å². The average Bonchev–Trinajstić information content (AvgIpc) is 3.78. The maximum absolute atomic E-state index is 13.9. The molecule has 10 heteroatoms. The maximum Gasteiger partial charge on any atom is 0.405 e. The molecular weight excluding hydrogens is 552 g/mol. The van der Waals surface area contributed by atoms with E-state index in [1.807, 2.05) is 33.8 Å². The molecule has 10 nitrogen and oxygen atoms in total. The quantitative estimate of drug-likeness (QED) is 0.356. The molecule has 2 bridgehead atoms. The van der Waals surface area contributed by atoms with E-state index < -0.39 is 42.2 Å². The summed E-state index contributed by atoms with van der Waals surface area (Å²) in [6, 6.07) is 0. The number of carbonyl (C=O) groups is 4. The fourth-order valence-electron chi connectivity index (χ4n) is 6.15. The van der Waals surface area contributed by atoms with Crippen molar-refractivity contribution in [1.29, 1.82) is 0 Å². The summed E-state index contributed by atoms with van der Waals surface area (Å²) >= 11 is 0. The summed E-state index contributed by atoms with van der Waals surface area (Å²) in [5.74, 6) is -1.95. The molecule has 0 aromatic heterocycles. The number of Topliss-reactive ketones (excluding diaryl/α,β-unsaturated/α-hetero) is 1. The van der Waals surface area contributed by atoms with Gasteiger partial charge in [0.25, 0.3) is 5.91 Å². The molecule has 43 heavy (non-hydrogen) atoms. The molecule has 7 atom stereocenters. The topological polar surface area (TPSA) is 143 Å². The van der Waals surface area contributed by atoms with Crippen LogP contribution in [-0.2, 0) is 33.3 Å². The van der Waals surface area contributed by atoms with Gasteiger partial charge in [0.1, 0.15) is 6.10 Å². The summed E-state index contributed by atoms with van der Waals surface area (Å²) in [6.07, 6.45) is 7.29. The molecule has 3 rings (SSSR count). The third kappa shape index (κ3) is 8.19. The van der Waals surface area contributed by atoms with Crippen LogP contribution in [-0.4, -0.2) is 69.3 Å². The van der Waals surface area contributed by atoms with Crippen molar-refractivity contribution in [3.05, 3.63) is 58.4 Å². The van der Waals surface area contributed by atoms with Gasteiger partial charge in [-0.2, -0.15) is 0 Å². The molecule has 0 radical (unpaired) electrons. The highest BCUT2D eigenvalue weighted by Gasteiger charge is 2.43. The van der Waals surface area contributed by atoms with Crippen molar-refractivity contribution in [3.63, 3.8) is 0 Å². The second kappa shape index (κ2) is 14.9. The molecule has 0 aromatic carbocycles. The Hall–Kier alpha value is -3.34. The lowest BCUT2D eigenvalue weighted by molar-refractivity contribution is -0.121. The second-order valence-electron chi connectivity index (χ2n) is 11.9. The highest BCUT2D eigenvalue weighted by molar-refractivity contribution is 6.24. The van der Waals surface area contributed by atoms with E-state index in [1.165, 1.54) is 13.2 Å². The smallest absolute Gasteiger partial charge is 0.405 e. The predicted molar refractivity (Wildman–Crippen MR) is 162 cm³/mol. The summed E-state index contributed by atoms with van der Waals surface area (Å²) in [4.78, 5) is 52.2. The third-order valence-corrected chi connectivity index (χ3v) is 8.49. The van der Waals surface area contributed by atoms with Crippen molar-refractivity contribution in [2.24, 2.45) is 29.4 Å². The molecule has 0 saturated heterocycles. The summed E-state index contributed by atoms with van der Waals surface area (Å²) in [5, 5.41) is 2.65. The van der Waals surface area contributed by atoms with Gasteiger partial charge < -0.3 is 30.0 Å². The Morgan fingerprint density at radius 3 is 2.16 bits per heavy atom. The normalized spacial score (nSPS) is 34.8. The minimum Gasteiger partial charge on any atom is -0.441 e. The van der Waals surface area contributed by atoms with Gasteiger partial charge >= 0.3 is 6.09 Å². The highest BCUT2D eigenvalue weighted by Crippen LogP contribution is 2.43. The van der Waals surface area contributed by atoms with Crippen LogP contribution in [0.25, 0.3) is 0 Å². The van der Waals surface area contributed by atoms with Crippen LogP contribution in [0.3, 0.4) is 0 Å².